The molecule has 0 saturated carbocycles. The molecular formula is C17H20N2. The molecular weight excluding hydrogens is 232 g/mol. The largest absolute Gasteiger partial charge is 0.296 e. The zero-order valence-corrected chi connectivity index (χ0v) is 11.3. The van der Waals surface area contributed by atoms with Crippen molar-refractivity contribution in [1.29, 1.82) is 0 Å². The van der Waals surface area contributed by atoms with Crippen LogP contribution in [0.25, 0.3) is 0 Å². The van der Waals surface area contributed by atoms with E-state index in [9.17, 15) is 0 Å². The molecule has 2 heteroatoms. The molecule has 1 aliphatic rings. The minimum atomic E-state index is 0.970. The van der Waals surface area contributed by atoms with Crippen LogP contribution in [0.15, 0.2) is 72.4 Å². The molecule has 0 amide bonds. The molecule has 1 aromatic carbocycles. The number of hydrogen-bond donors (Lipinski definition) is 0. The van der Waals surface area contributed by atoms with Crippen LogP contribution in [0, 0.1) is 0 Å². The first kappa shape index (κ1) is 13.3. The monoisotopic (exact) mass is 252 g/mol. The molecule has 1 aromatic rings. The first-order chi connectivity index (χ1) is 9.35. The van der Waals surface area contributed by atoms with Crippen molar-refractivity contribution in [1.82, 2.24) is 5.01 Å². The number of hydrazone groups is 1. The van der Waals surface area contributed by atoms with Crippen molar-refractivity contribution >= 4 is 5.71 Å². The summed E-state index contributed by atoms with van der Waals surface area (Å²) in [5, 5.41) is 6.94. The van der Waals surface area contributed by atoms with E-state index < -0.39 is 0 Å². The van der Waals surface area contributed by atoms with Gasteiger partial charge in [-0.25, -0.2) is 0 Å². The summed E-state index contributed by atoms with van der Waals surface area (Å²) >= 11 is 0. The molecule has 0 N–H and O–H groups in total. The molecule has 1 heterocycles. The molecule has 0 bridgehead atoms. The quantitative estimate of drug-likeness (QED) is 0.575. The maximum atomic E-state index is 4.80. The summed E-state index contributed by atoms with van der Waals surface area (Å²) < 4.78 is 0. The summed E-state index contributed by atoms with van der Waals surface area (Å²) in [6, 6.07) is 10.2. The zero-order valence-electron chi connectivity index (χ0n) is 11.3. The number of benzene rings is 1. The van der Waals surface area contributed by atoms with Gasteiger partial charge in [-0.1, -0.05) is 61.7 Å². The van der Waals surface area contributed by atoms with Gasteiger partial charge in [0, 0.05) is 24.2 Å². The third-order valence-electron chi connectivity index (χ3n) is 3.16. The van der Waals surface area contributed by atoms with Gasteiger partial charge in [-0.2, -0.15) is 5.10 Å². The second kappa shape index (κ2) is 6.74. The highest BCUT2D eigenvalue weighted by molar-refractivity contribution is 6.14. The maximum absolute atomic E-state index is 4.80. The smallest absolute Gasteiger partial charge is 0.0975 e. The van der Waals surface area contributed by atoms with Gasteiger partial charge in [-0.15, -0.1) is 0 Å². The van der Waals surface area contributed by atoms with E-state index in [-0.39, 0.29) is 0 Å². The molecule has 1 fully saturated rings. The number of rotatable bonds is 5. The van der Waals surface area contributed by atoms with Gasteiger partial charge < -0.3 is 0 Å². The Morgan fingerprint density at radius 3 is 2.37 bits per heavy atom. The van der Waals surface area contributed by atoms with E-state index in [0.29, 0.717) is 0 Å². The Morgan fingerprint density at radius 2 is 1.79 bits per heavy atom. The Kier molecular flexibility index (Phi) is 4.73. The van der Waals surface area contributed by atoms with Crippen LogP contribution in [-0.4, -0.2) is 23.8 Å². The summed E-state index contributed by atoms with van der Waals surface area (Å²) in [6.45, 7) is 9.72. The average molecular weight is 252 g/mol. The van der Waals surface area contributed by atoms with Crippen molar-refractivity contribution in [2.24, 2.45) is 5.10 Å². The van der Waals surface area contributed by atoms with Crippen LogP contribution in [0.3, 0.4) is 0 Å². The molecule has 0 radical (unpaired) electrons. The summed E-state index contributed by atoms with van der Waals surface area (Å²) in [6.07, 6.45) is 8.01. The number of nitrogens with zero attached hydrogens (tertiary/aromatic N) is 2. The SMILES string of the molecule is C=C/C=C(C=C)/C(=N\N1CCCC1)c1ccccc1. The molecule has 98 valence electrons. The van der Waals surface area contributed by atoms with Gasteiger partial charge >= 0.3 is 0 Å². The molecule has 0 aromatic heterocycles. The predicted molar refractivity (Wildman–Crippen MR) is 82.3 cm³/mol. The normalized spacial score (nSPS) is 16.5. The van der Waals surface area contributed by atoms with E-state index in [1.165, 1.54) is 12.8 Å². The molecule has 0 unspecified atom stereocenters. The van der Waals surface area contributed by atoms with E-state index in [4.69, 9.17) is 5.10 Å². The number of allylic oxidation sites excluding steroid dienone is 4. The van der Waals surface area contributed by atoms with Gasteiger partial charge in [0.1, 0.15) is 0 Å². The van der Waals surface area contributed by atoms with Crippen LogP contribution >= 0.6 is 0 Å². The number of hydrogen-bond acceptors (Lipinski definition) is 2. The third kappa shape index (κ3) is 3.44. The first-order valence-electron chi connectivity index (χ1n) is 6.69. The lowest BCUT2D eigenvalue weighted by atomic mass is 10.0. The summed E-state index contributed by atoms with van der Waals surface area (Å²) in [5.41, 5.74) is 3.09. The Bertz CT molecular complexity index is 491. The predicted octanol–water partition coefficient (Wildman–Crippen LogP) is 3.78. The summed E-state index contributed by atoms with van der Waals surface area (Å²) in [5.74, 6) is 0. The van der Waals surface area contributed by atoms with Gasteiger partial charge in [0.25, 0.3) is 0 Å². The van der Waals surface area contributed by atoms with Crippen LogP contribution in [0.2, 0.25) is 0 Å². The first-order valence-corrected chi connectivity index (χ1v) is 6.69. The van der Waals surface area contributed by atoms with Crippen molar-refractivity contribution in [3.63, 3.8) is 0 Å². The second-order valence-corrected chi connectivity index (χ2v) is 4.54. The summed E-state index contributed by atoms with van der Waals surface area (Å²) in [4.78, 5) is 0. The highest BCUT2D eigenvalue weighted by Gasteiger charge is 2.13. The van der Waals surface area contributed by atoms with Crippen molar-refractivity contribution < 1.29 is 0 Å². The Labute approximate surface area is 115 Å². The van der Waals surface area contributed by atoms with Gasteiger partial charge in [-0.05, 0) is 12.8 Å². The fourth-order valence-electron chi connectivity index (χ4n) is 2.19. The van der Waals surface area contributed by atoms with Gasteiger partial charge in [0.2, 0.25) is 0 Å². The van der Waals surface area contributed by atoms with Crippen LogP contribution in [0.1, 0.15) is 18.4 Å². The van der Waals surface area contributed by atoms with E-state index in [1.807, 2.05) is 30.4 Å². The fourth-order valence-corrected chi connectivity index (χ4v) is 2.19. The van der Waals surface area contributed by atoms with Crippen molar-refractivity contribution in [3.8, 4) is 0 Å². The van der Waals surface area contributed by atoms with Crippen molar-refractivity contribution in [2.75, 3.05) is 13.1 Å². The van der Waals surface area contributed by atoms with Gasteiger partial charge in [0.05, 0.1) is 5.71 Å². The Balaban J connectivity index is 2.40. The van der Waals surface area contributed by atoms with Crippen molar-refractivity contribution in [3.05, 3.63) is 72.9 Å². The van der Waals surface area contributed by atoms with Gasteiger partial charge in [-0.3, -0.25) is 5.01 Å². The second-order valence-electron chi connectivity index (χ2n) is 4.54. The van der Waals surface area contributed by atoms with Crippen LogP contribution < -0.4 is 0 Å². The lowest BCUT2D eigenvalue weighted by Crippen LogP contribution is -2.16. The topological polar surface area (TPSA) is 15.6 Å². The van der Waals surface area contributed by atoms with E-state index >= 15 is 0 Å². The average Bonchev–Trinajstić information content (AvgIpc) is 2.96. The molecule has 0 spiro atoms. The third-order valence-corrected chi connectivity index (χ3v) is 3.16. The molecule has 1 saturated heterocycles. The van der Waals surface area contributed by atoms with Crippen molar-refractivity contribution in [2.45, 2.75) is 12.8 Å². The lowest BCUT2D eigenvalue weighted by Gasteiger charge is -2.15. The summed E-state index contributed by atoms with van der Waals surface area (Å²) in [7, 11) is 0. The van der Waals surface area contributed by atoms with E-state index in [1.54, 1.807) is 6.08 Å². The lowest BCUT2D eigenvalue weighted by molar-refractivity contribution is 0.361. The Hall–Kier alpha value is -2.09. The maximum Gasteiger partial charge on any atom is 0.0975 e. The molecule has 0 aliphatic carbocycles. The van der Waals surface area contributed by atoms with Crippen LogP contribution in [0.5, 0.6) is 0 Å². The highest BCUT2D eigenvalue weighted by Crippen LogP contribution is 2.15. The molecule has 0 atom stereocenters. The molecule has 2 nitrogen and oxygen atoms in total. The highest BCUT2D eigenvalue weighted by atomic mass is 15.5. The minimum Gasteiger partial charge on any atom is -0.296 e. The van der Waals surface area contributed by atoms with E-state index in [2.05, 4.69) is 30.3 Å². The minimum absolute atomic E-state index is 0.970. The molecule has 2 rings (SSSR count). The Morgan fingerprint density at radius 1 is 1.11 bits per heavy atom. The standard InChI is InChI=1S/C17H20N2/c1-3-10-15(4-2)17(16-11-6-5-7-12-16)18-19-13-8-9-14-19/h3-7,10-12H,1-2,8-9,13-14H2/b15-10+,18-17+. The fraction of sp³-hybridized carbons (Fsp3) is 0.235. The molecule has 19 heavy (non-hydrogen) atoms. The molecule has 1 aliphatic heterocycles. The zero-order chi connectivity index (χ0) is 13.5. The van der Waals surface area contributed by atoms with Crippen LogP contribution in [0.4, 0.5) is 0 Å². The van der Waals surface area contributed by atoms with E-state index in [0.717, 1.165) is 29.9 Å². The van der Waals surface area contributed by atoms with Crippen LogP contribution in [-0.2, 0) is 0 Å². The van der Waals surface area contributed by atoms with Gasteiger partial charge in [0.15, 0.2) is 0 Å².